The molecule has 1 fully saturated rings. The number of alkyl carbamates (subject to hydrolysis) is 1. The predicted octanol–water partition coefficient (Wildman–Crippen LogP) is 6.42. The Morgan fingerprint density at radius 3 is 2.20 bits per heavy atom. The van der Waals surface area contributed by atoms with Crippen molar-refractivity contribution in [3.05, 3.63) is 118 Å². The van der Waals surface area contributed by atoms with Crippen LogP contribution in [0.15, 0.2) is 84.9 Å². The maximum Gasteiger partial charge on any atom is 0.408 e. The molecule has 0 saturated carbocycles. The van der Waals surface area contributed by atoms with Gasteiger partial charge in [0, 0.05) is 11.5 Å². The third-order valence-electron chi connectivity index (χ3n) is 8.35. The summed E-state index contributed by atoms with van der Waals surface area (Å²) in [5, 5.41) is 5.66. The second kappa shape index (κ2) is 12.3. The lowest BCUT2D eigenvalue weighted by Crippen LogP contribution is -2.70. The van der Waals surface area contributed by atoms with Crippen molar-refractivity contribution < 1.29 is 33.0 Å². The van der Waals surface area contributed by atoms with E-state index in [2.05, 4.69) is 10.6 Å². The number of benzene rings is 4. The molecule has 6 rings (SSSR count). The highest BCUT2D eigenvalue weighted by atomic mass is 35.5. The van der Waals surface area contributed by atoms with Crippen molar-refractivity contribution in [2.45, 2.75) is 24.4 Å². The fourth-order valence-electron chi connectivity index (χ4n) is 5.93. The summed E-state index contributed by atoms with van der Waals surface area (Å²) in [4.78, 5) is 38.7. The number of carbonyl (C=O) groups excluding carboxylic acids is 3. The van der Waals surface area contributed by atoms with Crippen LogP contribution in [0.5, 0.6) is 0 Å². The van der Waals surface area contributed by atoms with Crippen LogP contribution in [0.25, 0.3) is 22.3 Å². The molecule has 0 bridgehead atoms. The molecule has 230 valence electrons. The monoisotopic (exact) mass is 628 g/mol. The van der Waals surface area contributed by atoms with Gasteiger partial charge in [-0.2, -0.15) is 0 Å². The summed E-state index contributed by atoms with van der Waals surface area (Å²) in [6.45, 7) is 1.62. The van der Waals surface area contributed by atoms with E-state index in [0.717, 1.165) is 22.3 Å². The third kappa shape index (κ3) is 5.65. The van der Waals surface area contributed by atoms with E-state index >= 15 is 4.39 Å². The average molecular weight is 629 g/mol. The van der Waals surface area contributed by atoms with E-state index in [1.165, 1.54) is 19.2 Å². The molecule has 8 nitrogen and oxygen atoms in total. The van der Waals surface area contributed by atoms with Crippen molar-refractivity contribution in [1.82, 2.24) is 10.6 Å². The molecule has 1 saturated heterocycles. The molecule has 1 unspecified atom stereocenters. The number of hydrogen-bond acceptors (Lipinski definition) is 6. The van der Waals surface area contributed by atoms with Crippen LogP contribution in [-0.2, 0) is 19.0 Å². The number of methoxy groups -OCH3 is 1. The minimum absolute atomic E-state index is 0.0533. The Balaban J connectivity index is 1.12. The molecule has 1 aliphatic carbocycles. The molecule has 2 amide bonds. The zero-order chi connectivity index (χ0) is 31.7. The van der Waals surface area contributed by atoms with E-state index in [0.29, 0.717) is 11.1 Å². The van der Waals surface area contributed by atoms with Crippen molar-refractivity contribution in [1.29, 1.82) is 0 Å². The van der Waals surface area contributed by atoms with Crippen molar-refractivity contribution in [2.75, 3.05) is 26.9 Å². The van der Waals surface area contributed by atoms with Gasteiger partial charge in [0.2, 0.25) is 0 Å². The summed E-state index contributed by atoms with van der Waals surface area (Å²) in [5.74, 6) is -1.90. The first-order chi connectivity index (χ1) is 21.7. The summed E-state index contributed by atoms with van der Waals surface area (Å²) in [7, 11) is 1.24. The molecule has 0 radical (unpaired) electrons. The van der Waals surface area contributed by atoms with Crippen LogP contribution in [0.3, 0.4) is 0 Å². The van der Waals surface area contributed by atoms with Gasteiger partial charge in [0.1, 0.15) is 12.4 Å². The van der Waals surface area contributed by atoms with E-state index in [-0.39, 0.29) is 41.9 Å². The predicted molar refractivity (Wildman–Crippen MR) is 166 cm³/mol. The molecular weight excluding hydrogens is 599 g/mol. The molecule has 2 aliphatic rings. The lowest BCUT2D eigenvalue weighted by Gasteiger charge is -2.40. The first-order valence-electron chi connectivity index (χ1n) is 14.4. The van der Waals surface area contributed by atoms with Gasteiger partial charge in [0.25, 0.3) is 5.91 Å². The molecule has 0 spiro atoms. The number of carbonyl (C=O) groups is 3. The first-order valence-corrected chi connectivity index (χ1v) is 14.8. The maximum atomic E-state index is 15.4. The van der Waals surface area contributed by atoms with Gasteiger partial charge in [0.15, 0.2) is 5.54 Å². The van der Waals surface area contributed by atoms with Gasteiger partial charge >= 0.3 is 12.1 Å². The molecule has 10 heteroatoms. The van der Waals surface area contributed by atoms with Crippen molar-refractivity contribution in [3.8, 4) is 22.3 Å². The zero-order valence-corrected chi connectivity index (χ0v) is 25.3. The van der Waals surface area contributed by atoms with Gasteiger partial charge in [-0.3, -0.25) is 4.79 Å². The largest absolute Gasteiger partial charge is 0.465 e. The molecule has 0 aromatic heterocycles. The lowest BCUT2D eigenvalue weighted by atomic mass is 9.94. The van der Waals surface area contributed by atoms with Gasteiger partial charge in [-0.25, -0.2) is 14.0 Å². The van der Waals surface area contributed by atoms with Gasteiger partial charge in [0.05, 0.1) is 37.0 Å². The van der Waals surface area contributed by atoms with Crippen molar-refractivity contribution >= 4 is 29.6 Å². The molecule has 1 atom stereocenters. The van der Waals surface area contributed by atoms with Gasteiger partial charge in [-0.05, 0) is 52.4 Å². The quantitative estimate of drug-likeness (QED) is 0.218. The first kappa shape index (κ1) is 30.3. The van der Waals surface area contributed by atoms with Crippen LogP contribution < -0.4 is 10.6 Å². The Morgan fingerprint density at radius 2 is 1.60 bits per heavy atom. The smallest absolute Gasteiger partial charge is 0.408 e. The molecular formula is C35H30ClFN2O6. The number of nitrogens with one attached hydrogen (secondary N) is 2. The lowest BCUT2D eigenvalue weighted by molar-refractivity contribution is -0.148. The third-order valence-corrected chi connectivity index (χ3v) is 8.66. The number of amides is 2. The van der Waals surface area contributed by atoms with Gasteiger partial charge in [-0.15, -0.1) is 0 Å². The number of esters is 1. The highest BCUT2D eigenvalue weighted by molar-refractivity contribution is 6.34. The number of halogens is 2. The molecule has 2 N–H and O–H groups in total. The highest BCUT2D eigenvalue weighted by Gasteiger charge is 2.48. The number of ether oxygens (including phenoxy) is 3. The van der Waals surface area contributed by atoms with Crippen LogP contribution >= 0.6 is 11.6 Å². The Morgan fingerprint density at radius 1 is 0.956 bits per heavy atom. The van der Waals surface area contributed by atoms with Crippen LogP contribution in [-0.4, -0.2) is 50.4 Å². The normalized spacial score (nSPS) is 15.2. The average Bonchev–Trinajstić information content (AvgIpc) is 3.34. The zero-order valence-electron chi connectivity index (χ0n) is 24.6. The van der Waals surface area contributed by atoms with E-state index < -0.39 is 35.4 Å². The minimum Gasteiger partial charge on any atom is -0.465 e. The summed E-state index contributed by atoms with van der Waals surface area (Å²) in [5.41, 5.74) is 4.17. The standard InChI is InChI=1S/C35H30ClFN2O6/c1-20(22-15-14-21(16-30(22)37)23-12-7-13-29(36)31(23)32(40)43-2)38-33(41)35(18-44-19-35)39-34(42)45-17-28-26-10-5-3-8-24(26)25-9-4-6-11-27(25)28/h3-16,20,28H,17-19H2,1-2H3,(H,38,41)(H,39,42). The topological polar surface area (TPSA) is 103 Å². The number of rotatable bonds is 8. The fraction of sp³-hybridized carbons (Fsp3) is 0.229. The molecule has 4 aromatic carbocycles. The van der Waals surface area contributed by atoms with E-state index in [1.54, 1.807) is 31.2 Å². The molecule has 45 heavy (non-hydrogen) atoms. The number of fused-ring (bicyclic) bond motifs is 3. The maximum absolute atomic E-state index is 15.4. The number of hydrogen-bond donors (Lipinski definition) is 2. The van der Waals surface area contributed by atoms with Crippen LogP contribution in [0, 0.1) is 5.82 Å². The Kier molecular flexibility index (Phi) is 8.31. The molecule has 1 heterocycles. The van der Waals surface area contributed by atoms with Gasteiger partial charge < -0.3 is 24.8 Å². The van der Waals surface area contributed by atoms with Crippen molar-refractivity contribution in [3.63, 3.8) is 0 Å². The Hall–Kier alpha value is -4.73. The summed E-state index contributed by atoms with van der Waals surface area (Å²) < 4.78 is 31.2. The van der Waals surface area contributed by atoms with Gasteiger partial charge in [-0.1, -0.05) is 84.4 Å². The highest BCUT2D eigenvalue weighted by Crippen LogP contribution is 2.44. The molecule has 4 aromatic rings. The summed E-state index contributed by atoms with van der Waals surface area (Å²) in [6.07, 6.45) is -0.749. The molecule has 1 aliphatic heterocycles. The Bertz CT molecular complexity index is 1760. The van der Waals surface area contributed by atoms with E-state index in [9.17, 15) is 14.4 Å². The summed E-state index contributed by atoms with van der Waals surface area (Å²) in [6, 6.07) is 24.5. The van der Waals surface area contributed by atoms with E-state index in [1.807, 2.05) is 48.5 Å². The van der Waals surface area contributed by atoms with E-state index in [4.69, 9.17) is 25.8 Å². The fourth-order valence-corrected chi connectivity index (χ4v) is 6.18. The van der Waals surface area contributed by atoms with Crippen LogP contribution in [0.1, 0.15) is 45.9 Å². The van der Waals surface area contributed by atoms with Crippen molar-refractivity contribution in [2.24, 2.45) is 0 Å². The second-order valence-electron chi connectivity index (χ2n) is 11.1. The Labute approximate surface area is 264 Å². The van der Waals surface area contributed by atoms with Crippen LogP contribution in [0.4, 0.5) is 9.18 Å². The van der Waals surface area contributed by atoms with Crippen LogP contribution in [0.2, 0.25) is 5.02 Å². The minimum atomic E-state index is -1.36. The SMILES string of the molecule is COC(=O)c1c(Cl)cccc1-c1ccc(C(C)NC(=O)C2(NC(=O)OCC3c4ccccc4-c4ccccc43)COC2)c(F)c1. The second-order valence-corrected chi connectivity index (χ2v) is 11.5. The summed E-state index contributed by atoms with van der Waals surface area (Å²) >= 11 is 6.23.